The summed E-state index contributed by atoms with van der Waals surface area (Å²) in [7, 11) is 5.27. The standard InChI is InChI=1S/C28H30F3N7O3S/c1-15-5-7-17(12-21(15)33-27(40)19-14-42-24-23(19)34-35-25(24)36-41-4)32-26(39)16-6-8-22(20(11-16)28(29,30)31)38-10-9-18(13-38)37(2)3/h5-8,11-12,14,18H,9-10,13H2,1-4H3,(H,32,39)(H,33,40)(H2,34,35,36)/t18-/m1/s1. The Morgan fingerprint density at radius 2 is 1.93 bits per heavy atom. The molecule has 3 heterocycles. The molecular weight excluding hydrogens is 571 g/mol. The van der Waals surface area contributed by atoms with Crippen LogP contribution in [0.4, 0.5) is 36.1 Å². The van der Waals surface area contributed by atoms with Crippen molar-refractivity contribution in [1.82, 2.24) is 15.1 Å². The lowest BCUT2D eigenvalue weighted by molar-refractivity contribution is -0.137. The number of H-pyrrole nitrogens is 1. The number of rotatable bonds is 8. The minimum absolute atomic E-state index is 0.0636. The van der Waals surface area contributed by atoms with Crippen LogP contribution < -0.4 is 21.0 Å². The third kappa shape index (κ3) is 5.91. The van der Waals surface area contributed by atoms with Crippen molar-refractivity contribution in [2.45, 2.75) is 25.6 Å². The molecule has 2 aromatic heterocycles. The zero-order valence-corrected chi connectivity index (χ0v) is 24.2. The molecule has 4 aromatic rings. The number of nitrogens with one attached hydrogen (secondary N) is 4. The number of nitrogens with zero attached hydrogens (tertiary/aromatic N) is 3. The molecule has 2 aromatic carbocycles. The van der Waals surface area contributed by atoms with Crippen molar-refractivity contribution in [3.63, 3.8) is 0 Å². The Labute approximate surface area is 243 Å². The first-order valence-corrected chi connectivity index (χ1v) is 13.9. The van der Waals surface area contributed by atoms with Gasteiger partial charge in [-0.1, -0.05) is 6.07 Å². The van der Waals surface area contributed by atoms with Gasteiger partial charge in [0.05, 0.1) is 28.5 Å². The van der Waals surface area contributed by atoms with Gasteiger partial charge in [-0.05, 0) is 63.3 Å². The van der Waals surface area contributed by atoms with Crippen LogP contribution in [0.3, 0.4) is 0 Å². The summed E-state index contributed by atoms with van der Waals surface area (Å²) < 4.78 is 42.9. The number of aromatic nitrogens is 2. The number of hydrogen-bond acceptors (Lipinski definition) is 8. The fourth-order valence-corrected chi connectivity index (χ4v) is 5.86. The highest BCUT2D eigenvalue weighted by molar-refractivity contribution is 7.18. The second-order valence-corrected chi connectivity index (χ2v) is 11.1. The van der Waals surface area contributed by atoms with Gasteiger partial charge >= 0.3 is 6.18 Å². The summed E-state index contributed by atoms with van der Waals surface area (Å²) in [5, 5.41) is 14.1. The lowest BCUT2D eigenvalue weighted by Crippen LogP contribution is -2.32. The fraction of sp³-hybridized carbons (Fsp3) is 0.321. The van der Waals surface area contributed by atoms with E-state index < -0.39 is 23.6 Å². The van der Waals surface area contributed by atoms with Crippen LogP contribution in [0.5, 0.6) is 0 Å². The van der Waals surface area contributed by atoms with Gasteiger partial charge in [-0.15, -0.1) is 11.3 Å². The van der Waals surface area contributed by atoms with Gasteiger partial charge in [-0.3, -0.25) is 19.5 Å². The Balaban J connectivity index is 1.34. The van der Waals surface area contributed by atoms with Crippen molar-refractivity contribution in [3.8, 4) is 0 Å². The van der Waals surface area contributed by atoms with Gasteiger partial charge in [-0.25, -0.2) is 5.48 Å². The van der Waals surface area contributed by atoms with E-state index in [2.05, 4.69) is 26.3 Å². The molecule has 0 aliphatic carbocycles. The topological polar surface area (TPSA) is 115 Å². The Morgan fingerprint density at radius 3 is 2.62 bits per heavy atom. The monoisotopic (exact) mass is 601 g/mol. The minimum Gasteiger partial charge on any atom is -0.369 e. The molecule has 1 atom stereocenters. The summed E-state index contributed by atoms with van der Waals surface area (Å²) >= 11 is 1.31. The summed E-state index contributed by atoms with van der Waals surface area (Å²) in [4.78, 5) is 34.8. The molecule has 1 aliphatic rings. The number of fused-ring (bicyclic) bond motifs is 1. The number of hydrogen-bond donors (Lipinski definition) is 4. The maximum atomic E-state index is 14.1. The van der Waals surface area contributed by atoms with Gasteiger partial charge in [0.2, 0.25) is 0 Å². The number of aryl methyl sites for hydroxylation is 1. The number of carbonyl (C=O) groups is 2. The Morgan fingerprint density at radius 1 is 1.14 bits per heavy atom. The van der Waals surface area contributed by atoms with E-state index in [1.165, 1.54) is 30.6 Å². The number of halogens is 3. The quantitative estimate of drug-likeness (QED) is 0.195. The van der Waals surface area contributed by atoms with Gasteiger partial charge in [0.25, 0.3) is 11.8 Å². The zero-order chi connectivity index (χ0) is 30.2. The smallest absolute Gasteiger partial charge is 0.369 e. The van der Waals surface area contributed by atoms with Crippen molar-refractivity contribution >= 4 is 56.2 Å². The molecule has 222 valence electrons. The van der Waals surface area contributed by atoms with Gasteiger partial charge in [0.15, 0.2) is 5.82 Å². The molecule has 1 aliphatic heterocycles. The largest absolute Gasteiger partial charge is 0.418 e. The number of benzene rings is 2. The van der Waals surface area contributed by atoms with E-state index in [0.29, 0.717) is 46.1 Å². The van der Waals surface area contributed by atoms with Crippen LogP contribution in [0.25, 0.3) is 10.2 Å². The van der Waals surface area contributed by atoms with Gasteiger partial charge in [-0.2, -0.15) is 18.3 Å². The summed E-state index contributed by atoms with van der Waals surface area (Å²) in [6, 6.07) is 8.69. The second kappa shape index (κ2) is 11.6. The summed E-state index contributed by atoms with van der Waals surface area (Å²) in [5.74, 6) is -0.641. The maximum absolute atomic E-state index is 14.1. The number of thiophene rings is 1. The third-order valence-electron chi connectivity index (χ3n) is 7.27. The molecule has 0 bridgehead atoms. The molecule has 0 saturated carbocycles. The summed E-state index contributed by atoms with van der Waals surface area (Å²) in [6.07, 6.45) is -3.88. The number of carbonyl (C=O) groups excluding carboxylic acids is 2. The highest BCUT2D eigenvalue weighted by atomic mass is 32.1. The lowest BCUT2D eigenvalue weighted by atomic mass is 10.1. The second-order valence-electron chi connectivity index (χ2n) is 10.3. The molecule has 0 spiro atoms. The average Bonchev–Trinajstić information content (AvgIpc) is 3.68. The van der Waals surface area contributed by atoms with Crippen molar-refractivity contribution in [2.75, 3.05) is 55.3 Å². The van der Waals surface area contributed by atoms with Crippen LogP contribution in [-0.2, 0) is 11.0 Å². The molecule has 1 fully saturated rings. The van der Waals surface area contributed by atoms with Gasteiger partial charge in [0, 0.05) is 47.1 Å². The Hall–Kier alpha value is -4.14. The molecular formula is C28H30F3N7O3S. The number of alkyl halides is 3. The van der Waals surface area contributed by atoms with E-state index in [1.807, 2.05) is 19.0 Å². The Kier molecular flexibility index (Phi) is 8.12. The predicted molar refractivity (Wildman–Crippen MR) is 157 cm³/mol. The molecule has 4 N–H and O–H groups in total. The van der Waals surface area contributed by atoms with Crippen LogP contribution >= 0.6 is 11.3 Å². The first-order chi connectivity index (χ1) is 20.0. The predicted octanol–water partition coefficient (Wildman–Crippen LogP) is 5.57. The first-order valence-electron chi connectivity index (χ1n) is 13.1. The van der Waals surface area contributed by atoms with E-state index in [4.69, 9.17) is 4.84 Å². The summed E-state index contributed by atoms with van der Waals surface area (Å²) in [5.41, 5.74) is 4.12. The molecule has 10 nitrogen and oxygen atoms in total. The maximum Gasteiger partial charge on any atom is 0.418 e. The normalized spacial score (nSPS) is 15.4. The third-order valence-corrected chi connectivity index (χ3v) is 8.26. The molecule has 0 unspecified atom stereocenters. The van der Waals surface area contributed by atoms with E-state index in [0.717, 1.165) is 18.1 Å². The minimum atomic E-state index is -4.63. The van der Waals surface area contributed by atoms with Crippen LogP contribution in [0.15, 0.2) is 41.8 Å². The van der Waals surface area contributed by atoms with E-state index >= 15 is 0 Å². The number of amides is 2. The van der Waals surface area contributed by atoms with Crippen LogP contribution in [-0.4, -0.2) is 67.2 Å². The molecule has 2 amide bonds. The molecule has 42 heavy (non-hydrogen) atoms. The van der Waals surface area contributed by atoms with Crippen LogP contribution in [0, 0.1) is 6.92 Å². The first kappa shape index (κ1) is 29.4. The SMILES string of the molecule is CONc1n[nH]c2c(C(=O)Nc3cc(NC(=O)c4ccc(N5CC[C@@H](N(C)C)C5)c(C(F)(F)F)c4)ccc3C)csc12. The zero-order valence-electron chi connectivity index (χ0n) is 23.3. The van der Waals surface area contributed by atoms with Gasteiger partial charge < -0.3 is 20.4 Å². The van der Waals surface area contributed by atoms with Crippen molar-refractivity contribution < 1.29 is 27.6 Å². The van der Waals surface area contributed by atoms with E-state index in [9.17, 15) is 22.8 Å². The molecule has 1 saturated heterocycles. The van der Waals surface area contributed by atoms with Crippen LogP contribution in [0.1, 0.15) is 38.3 Å². The fourth-order valence-electron chi connectivity index (χ4n) is 4.93. The lowest BCUT2D eigenvalue weighted by Gasteiger charge is -2.25. The number of aromatic amines is 1. The number of anilines is 4. The summed E-state index contributed by atoms with van der Waals surface area (Å²) in [6.45, 7) is 2.76. The van der Waals surface area contributed by atoms with Crippen molar-refractivity contribution in [3.05, 3.63) is 64.0 Å². The molecule has 14 heteroatoms. The average molecular weight is 602 g/mol. The van der Waals surface area contributed by atoms with Crippen LogP contribution in [0.2, 0.25) is 0 Å². The van der Waals surface area contributed by atoms with Gasteiger partial charge in [0.1, 0.15) is 0 Å². The van der Waals surface area contributed by atoms with E-state index in [-0.39, 0.29) is 17.3 Å². The molecule has 0 radical (unpaired) electrons. The van der Waals surface area contributed by atoms with Crippen molar-refractivity contribution in [1.29, 1.82) is 0 Å². The highest BCUT2D eigenvalue weighted by Gasteiger charge is 2.37. The number of likely N-dealkylation sites (N-methyl/N-ethyl adjacent to an activating group) is 1. The Bertz CT molecular complexity index is 1630. The van der Waals surface area contributed by atoms with Crippen molar-refractivity contribution in [2.24, 2.45) is 0 Å². The molecule has 5 rings (SSSR count). The highest BCUT2D eigenvalue weighted by Crippen LogP contribution is 2.39. The van der Waals surface area contributed by atoms with E-state index in [1.54, 1.807) is 35.4 Å².